The van der Waals surface area contributed by atoms with Gasteiger partial charge in [0.2, 0.25) is 5.91 Å². The Morgan fingerprint density at radius 3 is 3.18 bits per heavy atom. The van der Waals surface area contributed by atoms with Crippen LogP contribution in [0.3, 0.4) is 0 Å². The lowest BCUT2D eigenvalue weighted by atomic mass is 10.1. The van der Waals surface area contributed by atoms with Crippen molar-refractivity contribution >= 4 is 17.2 Å². The van der Waals surface area contributed by atoms with Crippen molar-refractivity contribution in [2.24, 2.45) is 0 Å². The Hall–Kier alpha value is -0.950. The Morgan fingerprint density at radius 1 is 1.45 bits per heavy atom. The molecule has 0 aliphatic carbocycles. The zero-order valence-electron chi connectivity index (χ0n) is 12.8. The SMILES string of the molecule is O=C1NCCN(CCCOC2CCCCO2)C1c1cccs1. The fourth-order valence-electron chi connectivity index (χ4n) is 3.04. The molecule has 3 heterocycles. The third-order valence-corrected chi connectivity index (χ3v) is 5.08. The summed E-state index contributed by atoms with van der Waals surface area (Å²) < 4.78 is 11.3. The topological polar surface area (TPSA) is 50.8 Å². The van der Waals surface area contributed by atoms with E-state index in [-0.39, 0.29) is 18.2 Å². The summed E-state index contributed by atoms with van der Waals surface area (Å²) >= 11 is 1.65. The van der Waals surface area contributed by atoms with E-state index in [1.165, 1.54) is 6.42 Å². The van der Waals surface area contributed by atoms with Crippen molar-refractivity contribution in [1.29, 1.82) is 0 Å². The monoisotopic (exact) mass is 324 g/mol. The molecule has 6 heteroatoms. The summed E-state index contributed by atoms with van der Waals surface area (Å²) in [4.78, 5) is 15.6. The van der Waals surface area contributed by atoms with Crippen LogP contribution in [0, 0.1) is 0 Å². The van der Waals surface area contributed by atoms with E-state index in [1.54, 1.807) is 11.3 Å². The summed E-state index contributed by atoms with van der Waals surface area (Å²) in [5, 5.41) is 4.99. The molecule has 122 valence electrons. The highest BCUT2D eigenvalue weighted by Gasteiger charge is 2.31. The molecule has 2 saturated heterocycles. The first kappa shape index (κ1) is 15.9. The second-order valence-corrected chi connectivity index (χ2v) is 6.74. The van der Waals surface area contributed by atoms with Crippen LogP contribution < -0.4 is 5.32 Å². The highest BCUT2D eigenvalue weighted by atomic mass is 32.1. The third kappa shape index (κ3) is 4.07. The maximum absolute atomic E-state index is 12.2. The van der Waals surface area contributed by atoms with Gasteiger partial charge in [-0.1, -0.05) is 6.07 Å². The van der Waals surface area contributed by atoms with Crippen molar-refractivity contribution in [2.45, 2.75) is 38.0 Å². The van der Waals surface area contributed by atoms with E-state index in [1.807, 2.05) is 17.5 Å². The van der Waals surface area contributed by atoms with E-state index in [0.717, 1.165) is 50.4 Å². The summed E-state index contributed by atoms with van der Waals surface area (Å²) in [5.41, 5.74) is 0. The van der Waals surface area contributed by atoms with Crippen molar-refractivity contribution in [1.82, 2.24) is 10.2 Å². The predicted octanol–water partition coefficient (Wildman–Crippen LogP) is 2.15. The average molecular weight is 324 g/mol. The van der Waals surface area contributed by atoms with Gasteiger partial charge in [0, 0.05) is 31.1 Å². The summed E-state index contributed by atoms with van der Waals surface area (Å²) in [5.74, 6) is 0.116. The normalized spacial score (nSPS) is 26.8. The van der Waals surface area contributed by atoms with Crippen LogP contribution in [-0.2, 0) is 14.3 Å². The number of carbonyl (C=O) groups excluding carboxylic acids is 1. The van der Waals surface area contributed by atoms with Gasteiger partial charge in [0.1, 0.15) is 6.04 Å². The summed E-state index contributed by atoms with van der Waals surface area (Å²) in [6, 6.07) is 3.91. The molecule has 1 aromatic heterocycles. The van der Waals surface area contributed by atoms with Gasteiger partial charge in [-0.25, -0.2) is 0 Å². The standard InChI is InChI=1S/C16H24N2O3S/c19-16-15(13-5-3-12-22-13)18(9-7-17-16)8-4-11-21-14-6-1-2-10-20-14/h3,5,12,14-15H,1-2,4,6-11H2,(H,17,19). The summed E-state index contributed by atoms with van der Waals surface area (Å²) in [7, 11) is 0. The van der Waals surface area contributed by atoms with Crippen LogP contribution in [0.1, 0.15) is 36.6 Å². The lowest BCUT2D eigenvalue weighted by molar-refractivity contribution is -0.163. The summed E-state index contributed by atoms with van der Waals surface area (Å²) in [6.45, 7) is 4.02. The number of ether oxygens (including phenoxy) is 2. The number of rotatable bonds is 6. The van der Waals surface area contributed by atoms with Gasteiger partial charge in [-0.3, -0.25) is 9.69 Å². The van der Waals surface area contributed by atoms with Crippen LogP contribution in [0.5, 0.6) is 0 Å². The number of amides is 1. The van der Waals surface area contributed by atoms with Gasteiger partial charge in [0.15, 0.2) is 6.29 Å². The first-order valence-corrected chi connectivity index (χ1v) is 9.01. The second kappa shape index (κ2) is 8.06. The Kier molecular flexibility index (Phi) is 5.83. The zero-order chi connectivity index (χ0) is 15.2. The van der Waals surface area contributed by atoms with E-state index in [2.05, 4.69) is 10.2 Å². The minimum atomic E-state index is -0.139. The van der Waals surface area contributed by atoms with Crippen LogP contribution in [0.4, 0.5) is 0 Å². The van der Waals surface area contributed by atoms with Crippen molar-refractivity contribution in [3.63, 3.8) is 0 Å². The van der Waals surface area contributed by atoms with Crippen molar-refractivity contribution in [3.8, 4) is 0 Å². The largest absolute Gasteiger partial charge is 0.353 e. The minimum absolute atomic E-state index is 0.0218. The zero-order valence-corrected chi connectivity index (χ0v) is 13.6. The number of piperazine rings is 1. The molecule has 1 N–H and O–H groups in total. The van der Waals surface area contributed by atoms with Gasteiger partial charge in [0.05, 0.1) is 6.61 Å². The molecular formula is C16H24N2O3S. The van der Waals surface area contributed by atoms with E-state index in [9.17, 15) is 4.79 Å². The lowest BCUT2D eigenvalue weighted by Gasteiger charge is -2.34. The number of nitrogens with one attached hydrogen (secondary N) is 1. The Labute approximate surface area is 135 Å². The number of carbonyl (C=O) groups is 1. The summed E-state index contributed by atoms with van der Waals surface area (Å²) in [6.07, 6.45) is 4.24. The molecule has 5 nitrogen and oxygen atoms in total. The first-order chi connectivity index (χ1) is 10.8. The van der Waals surface area contributed by atoms with Gasteiger partial charge in [-0.15, -0.1) is 11.3 Å². The number of nitrogens with zero attached hydrogens (tertiary/aromatic N) is 1. The van der Waals surface area contributed by atoms with Crippen LogP contribution in [0.2, 0.25) is 0 Å². The molecule has 0 bridgehead atoms. The number of hydrogen-bond donors (Lipinski definition) is 1. The maximum atomic E-state index is 12.2. The molecule has 2 fully saturated rings. The quantitative estimate of drug-likeness (QED) is 0.815. The lowest BCUT2D eigenvalue weighted by Crippen LogP contribution is -2.50. The van der Waals surface area contributed by atoms with E-state index < -0.39 is 0 Å². The minimum Gasteiger partial charge on any atom is -0.353 e. The molecule has 22 heavy (non-hydrogen) atoms. The molecule has 2 atom stereocenters. The second-order valence-electron chi connectivity index (χ2n) is 5.77. The van der Waals surface area contributed by atoms with Gasteiger partial charge in [-0.05, 0) is 37.1 Å². The van der Waals surface area contributed by atoms with Crippen LogP contribution >= 0.6 is 11.3 Å². The average Bonchev–Trinajstić information content (AvgIpc) is 3.06. The molecule has 2 unspecified atom stereocenters. The number of hydrogen-bond acceptors (Lipinski definition) is 5. The first-order valence-electron chi connectivity index (χ1n) is 8.13. The Balaban J connectivity index is 1.46. The van der Waals surface area contributed by atoms with Crippen LogP contribution in [0.15, 0.2) is 17.5 Å². The smallest absolute Gasteiger partial charge is 0.242 e. The third-order valence-electron chi connectivity index (χ3n) is 4.16. The molecular weight excluding hydrogens is 300 g/mol. The molecule has 0 aromatic carbocycles. The van der Waals surface area contributed by atoms with Crippen LogP contribution in [-0.4, -0.2) is 49.9 Å². The Bertz CT molecular complexity index is 460. The fourth-order valence-corrected chi connectivity index (χ4v) is 3.89. The van der Waals surface area contributed by atoms with Gasteiger partial charge >= 0.3 is 0 Å². The molecule has 2 aliphatic rings. The molecule has 0 saturated carbocycles. The van der Waals surface area contributed by atoms with Gasteiger partial charge in [0.25, 0.3) is 0 Å². The van der Waals surface area contributed by atoms with Crippen LogP contribution in [0.25, 0.3) is 0 Å². The van der Waals surface area contributed by atoms with E-state index in [4.69, 9.17) is 9.47 Å². The van der Waals surface area contributed by atoms with Gasteiger partial charge < -0.3 is 14.8 Å². The predicted molar refractivity (Wildman–Crippen MR) is 85.8 cm³/mol. The fraction of sp³-hybridized carbons (Fsp3) is 0.688. The molecule has 3 rings (SSSR count). The molecule has 0 radical (unpaired) electrons. The molecule has 1 amide bonds. The maximum Gasteiger partial charge on any atom is 0.242 e. The Morgan fingerprint density at radius 2 is 2.41 bits per heavy atom. The van der Waals surface area contributed by atoms with Crippen molar-refractivity contribution < 1.29 is 14.3 Å². The number of thiophene rings is 1. The van der Waals surface area contributed by atoms with Gasteiger partial charge in [-0.2, -0.15) is 0 Å². The van der Waals surface area contributed by atoms with E-state index >= 15 is 0 Å². The van der Waals surface area contributed by atoms with Crippen molar-refractivity contribution in [2.75, 3.05) is 32.8 Å². The molecule has 0 spiro atoms. The molecule has 2 aliphatic heterocycles. The highest BCUT2D eigenvalue weighted by molar-refractivity contribution is 7.10. The van der Waals surface area contributed by atoms with Crippen molar-refractivity contribution in [3.05, 3.63) is 22.4 Å². The van der Waals surface area contributed by atoms with E-state index in [0.29, 0.717) is 6.61 Å². The highest BCUT2D eigenvalue weighted by Crippen LogP contribution is 2.27. The molecule has 1 aromatic rings.